The molecule has 0 saturated heterocycles. The van der Waals surface area contributed by atoms with Crippen molar-refractivity contribution in [1.29, 1.82) is 0 Å². The van der Waals surface area contributed by atoms with E-state index < -0.39 is 0 Å². The Kier molecular flexibility index (Phi) is 8.42. The minimum atomic E-state index is 0.0937. The van der Waals surface area contributed by atoms with E-state index in [1.165, 1.54) is 5.56 Å². The van der Waals surface area contributed by atoms with E-state index >= 15 is 0 Å². The van der Waals surface area contributed by atoms with Crippen LogP contribution in [0, 0.1) is 0 Å². The molecule has 0 fully saturated rings. The predicted molar refractivity (Wildman–Crippen MR) is 71.4 cm³/mol. The van der Waals surface area contributed by atoms with Crippen molar-refractivity contribution in [2.75, 3.05) is 33.5 Å². The lowest BCUT2D eigenvalue weighted by molar-refractivity contribution is 0.104. The molecule has 0 heterocycles. The number of methoxy groups -OCH3 is 1. The molecule has 0 radical (unpaired) electrons. The lowest BCUT2D eigenvalue weighted by Gasteiger charge is -2.07. The summed E-state index contributed by atoms with van der Waals surface area (Å²) in [6.07, 6.45) is 0.940. The average molecular weight is 253 g/mol. The van der Waals surface area contributed by atoms with Gasteiger partial charge in [-0.3, -0.25) is 0 Å². The van der Waals surface area contributed by atoms with Gasteiger partial charge in [-0.25, -0.2) is 0 Å². The monoisotopic (exact) mass is 253 g/mol. The summed E-state index contributed by atoms with van der Waals surface area (Å²) < 4.78 is 10.4. The van der Waals surface area contributed by atoms with Gasteiger partial charge in [0.25, 0.3) is 0 Å². The third kappa shape index (κ3) is 6.71. The molecule has 4 nitrogen and oxygen atoms in total. The number of hydrogen-bond acceptors (Lipinski definition) is 4. The summed E-state index contributed by atoms with van der Waals surface area (Å²) >= 11 is 0. The van der Waals surface area contributed by atoms with Gasteiger partial charge >= 0.3 is 0 Å². The van der Waals surface area contributed by atoms with Crippen molar-refractivity contribution in [2.24, 2.45) is 0 Å². The van der Waals surface area contributed by atoms with Gasteiger partial charge in [-0.2, -0.15) is 0 Å². The van der Waals surface area contributed by atoms with Gasteiger partial charge in [-0.05, 0) is 17.5 Å². The second-order valence-electron chi connectivity index (χ2n) is 4.11. The summed E-state index contributed by atoms with van der Waals surface area (Å²) in [5, 5.41) is 12.3. The summed E-state index contributed by atoms with van der Waals surface area (Å²) in [7, 11) is 1.70. The maximum Gasteiger partial charge on any atom is 0.0681 e. The molecule has 1 rings (SSSR count). The Morgan fingerprint density at radius 1 is 1.17 bits per heavy atom. The molecule has 0 unspecified atom stereocenters. The molecule has 102 valence electrons. The smallest absolute Gasteiger partial charge is 0.0681 e. The highest BCUT2D eigenvalue weighted by molar-refractivity contribution is 5.22. The van der Waals surface area contributed by atoms with Gasteiger partial charge in [0.15, 0.2) is 0 Å². The SMILES string of the molecule is COCCCOCCNCc1cccc(CO)c1. The highest BCUT2D eigenvalue weighted by atomic mass is 16.5. The highest BCUT2D eigenvalue weighted by Gasteiger charge is 1.95. The molecule has 0 aliphatic carbocycles. The molecule has 0 atom stereocenters. The number of hydrogen-bond donors (Lipinski definition) is 2. The molecular formula is C14H23NO3. The second kappa shape index (κ2) is 10.0. The van der Waals surface area contributed by atoms with E-state index in [4.69, 9.17) is 14.6 Å². The number of nitrogens with one attached hydrogen (secondary N) is 1. The van der Waals surface area contributed by atoms with Crippen molar-refractivity contribution in [3.05, 3.63) is 35.4 Å². The molecule has 0 aromatic heterocycles. The van der Waals surface area contributed by atoms with E-state index in [-0.39, 0.29) is 6.61 Å². The van der Waals surface area contributed by atoms with Gasteiger partial charge in [0.05, 0.1) is 13.2 Å². The number of rotatable bonds is 10. The summed E-state index contributed by atoms with van der Waals surface area (Å²) in [5.41, 5.74) is 2.13. The Hall–Kier alpha value is -0.940. The van der Waals surface area contributed by atoms with Gasteiger partial charge in [-0.1, -0.05) is 24.3 Å². The van der Waals surface area contributed by atoms with Crippen LogP contribution in [0.1, 0.15) is 17.5 Å². The van der Waals surface area contributed by atoms with Crippen LogP contribution in [0.15, 0.2) is 24.3 Å². The second-order valence-corrected chi connectivity index (χ2v) is 4.11. The summed E-state index contributed by atoms with van der Waals surface area (Å²) in [6, 6.07) is 7.93. The Bertz CT molecular complexity index is 318. The molecule has 4 heteroatoms. The predicted octanol–water partition coefficient (Wildman–Crippen LogP) is 1.32. The van der Waals surface area contributed by atoms with Crippen molar-refractivity contribution < 1.29 is 14.6 Å². The zero-order valence-corrected chi connectivity index (χ0v) is 11.0. The third-order valence-electron chi connectivity index (χ3n) is 2.56. The quantitative estimate of drug-likeness (QED) is 0.618. The first kappa shape index (κ1) is 15.1. The van der Waals surface area contributed by atoms with Crippen LogP contribution in [0.25, 0.3) is 0 Å². The highest BCUT2D eigenvalue weighted by Crippen LogP contribution is 2.04. The Morgan fingerprint density at radius 2 is 2.00 bits per heavy atom. The molecule has 0 amide bonds. The molecule has 1 aromatic carbocycles. The van der Waals surface area contributed by atoms with E-state index in [1.807, 2.05) is 24.3 Å². The molecule has 0 bridgehead atoms. The first-order valence-corrected chi connectivity index (χ1v) is 6.33. The van der Waals surface area contributed by atoms with Crippen molar-refractivity contribution >= 4 is 0 Å². The van der Waals surface area contributed by atoms with E-state index in [0.717, 1.165) is 38.3 Å². The van der Waals surface area contributed by atoms with Crippen LogP contribution in [0.5, 0.6) is 0 Å². The van der Waals surface area contributed by atoms with Crippen LogP contribution < -0.4 is 5.32 Å². The van der Waals surface area contributed by atoms with Crippen LogP contribution in [0.3, 0.4) is 0 Å². The van der Waals surface area contributed by atoms with Gasteiger partial charge in [0, 0.05) is 33.4 Å². The summed E-state index contributed by atoms with van der Waals surface area (Å²) in [5.74, 6) is 0. The van der Waals surface area contributed by atoms with Crippen molar-refractivity contribution in [1.82, 2.24) is 5.32 Å². The van der Waals surface area contributed by atoms with Crippen molar-refractivity contribution in [2.45, 2.75) is 19.6 Å². The fourth-order valence-corrected chi connectivity index (χ4v) is 1.62. The Labute approximate surface area is 109 Å². The lowest BCUT2D eigenvalue weighted by atomic mass is 10.1. The molecule has 18 heavy (non-hydrogen) atoms. The van der Waals surface area contributed by atoms with E-state index in [1.54, 1.807) is 7.11 Å². The number of aliphatic hydroxyl groups excluding tert-OH is 1. The van der Waals surface area contributed by atoms with Crippen molar-refractivity contribution in [3.63, 3.8) is 0 Å². The van der Waals surface area contributed by atoms with Crippen LogP contribution >= 0.6 is 0 Å². The van der Waals surface area contributed by atoms with Gasteiger partial charge < -0.3 is 19.9 Å². The Morgan fingerprint density at radius 3 is 2.78 bits per heavy atom. The number of aliphatic hydroxyl groups is 1. The minimum Gasteiger partial charge on any atom is -0.392 e. The fourth-order valence-electron chi connectivity index (χ4n) is 1.62. The zero-order valence-electron chi connectivity index (χ0n) is 11.0. The minimum absolute atomic E-state index is 0.0937. The fraction of sp³-hybridized carbons (Fsp3) is 0.571. The normalized spacial score (nSPS) is 10.8. The number of ether oxygens (including phenoxy) is 2. The van der Waals surface area contributed by atoms with Crippen LogP contribution in [-0.4, -0.2) is 38.6 Å². The van der Waals surface area contributed by atoms with Gasteiger partial charge in [0.2, 0.25) is 0 Å². The first-order valence-electron chi connectivity index (χ1n) is 6.33. The largest absolute Gasteiger partial charge is 0.392 e. The molecule has 0 saturated carbocycles. The lowest BCUT2D eigenvalue weighted by Crippen LogP contribution is -2.19. The van der Waals surface area contributed by atoms with Crippen LogP contribution in [0.4, 0.5) is 0 Å². The maximum absolute atomic E-state index is 9.02. The van der Waals surface area contributed by atoms with Crippen LogP contribution in [-0.2, 0) is 22.6 Å². The molecule has 2 N–H and O–H groups in total. The topological polar surface area (TPSA) is 50.7 Å². The molecule has 1 aromatic rings. The molecule has 0 aliphatic heterocycles. The van der Waals surface area contributed by atoms with Crippen LogP contribution in [0.2, 0.25) is 0 Å². The standard InChI is InChI=1S/C14H23NO3/c1-17-7-3-8-18-9-6-15-11-13-4-2-5-14(10-13)12-16/h2,4-5,10,15-16H,3,6-9,11-12H2,1H3. The zero-order chi connectivity index (χ0) is 13.1. The Balaban J connectivity index is 2.03. The van der Waals surface area contributed by atoms with Gasteiger partial charge in [0.1, 0.15) is 0 Å². The summed E-state index contributed by atoms with van der Waals surface area (Å²) in [4.78, 5) is 0. The third-order valence-corrected chi connectivity index (χ3v) is 2.56. The van der Waals surface area contributed by atoms with E-state index in [0.29, 0.717) is 6.61 Å². The summed E-state index contributed by atoms with van der Waals surface area (Å²) in [6.45, 7) is 3.93. The molecule has 0 spiro atoms. The van der Waals surface area contributed by atoms with Crippen molar-refractivity contribution in [3.8, 4) is 0 Å². The maximum atomic E-state index is 9.02. The molecular weight excluding hydrogens is 230 g/mol. The number of benzene rings is 1. The molecule has 0 aliphatic rings. The van der Waals surface area contributed by atoms with E-state index in [2.05, 4.69) is 5.32 Å². The first-order chi connectivity index (χ1) is 8.86. The van der Waals surface area contributed by atoms with Gasteiger partial charge in [-0.15, -0.1) is 0 Å². The average Bonchev–Trinajstić information content (AvgIpc) is 2.42. The van der Waals surface area contributed by atoms with E-state index in [9.17, 15) is 0 Å².